The van der Waals surface area contributed by atoms with Crippen LogP contribution >= 0.6 is 0 Å². The predicted molar refractivity (Wildman–Crippen MR) is 104 cm³/mol. The van der Waals surface area contributed by atoms with Gasteiger partial charge in [-0.1, -0.05) is 32.9 Å². The molecule has 0 saturated carbocycles. The van der Waals surface area contributed by atoms with E-state index in [1.807, 2.05) is 6.92 Å². The summed E-state index contributed by atoms with van der Waals surface area (Å²) in [4.78, 5) is 2.35. The fourth-order valence-corrected chi connectivity index (χ4v) is 3.89. The van der Waals surface area contributed by atoms with Crippen molar-refractivity contribution in [3.8, 4) is 5.75 Å². The molecular formula is C21H36N2O2. The summed E-state index contributed by atoms with van der Waals surface area (Å²) >= 11 is 0. The van der Waals surface area contributed by atoms with Crippen LogP contribution in [0.25, 0.3) is 0 Å². The molecule has 1 aliphatic rings. The number of β-amino-alcohol motifs (C(OH)–C–C–N with tert-alkyl or cyclic N) is 1. The summed E-state index contributed by atoms with van der Waals surface area (Å²) in [5, 5.41) is 9.14. The summed E-state index contributed by atoms with van der Waals surface area (Å²) in [7, 11) is 0. The molecule has 0 bridgehead atoms. The standard InChI is InChI=1S/C21H36N2O2/c1-5-25-20-7-6-17(21(2,3)4)14-18(20)19(15-22)16-8-10-23(11-9-16)12-13-24/h6-7,14,16,19,24H,5,8-13,15,22H2,1-4H3. The van der Waals surface area contributed by atoms with E-state index in [0.717, 1.165) is 38.2 Å². The minimum atomic E-state index is 0.114. The minimum Gasteiger partial charge on any atom is -0.494 e. The van der Waals surface area contributed by atoms with Crippen molar-refractivity contribution in [2.24, 2.45) is 11.7 Å². The van der Waals surface area contributed by atoms with Crippen LogP contribution in [-0.2, 0) is 5.41 Å². The Hall–Kier alpha value is -1.10. The van der Waals surface area contributed by atoms with Crippen molar-refractivity contribution in [3.63, 3.8) is 0 Å². The average molecular weight is 349 g/mol. The monoisotopic (exact) mass is 348 g/mol. The lowest BCUT2D eigenvalue weighted by Gasteiger charge is -2.36. The van der Waals surface area contributed by atoms with E-state index < -0.39 is 0 Å². The predicted octanol–water partition coefficient (Wildman–Crippen LogP) is 3.13. The van der Waals surface area contributed by atoms with Gasteiger partial charge in [-0.25, -0.2) is 0 Å². The van der Waals surface area contributed by atoms with Gasteiger partial charge in [0.15, 0.2) is 0 Å². The van der Waals surface area contributed by atoms with Gasteiger partial charge in [-0.05, 0) is 67.9 Å². The quantitative estimate of drug-likeness (QED) is 0.795. The molecule has 0 aromatic heterocycles. The van der Waals surface area contributed by atoms with Crippen molar-refractivity contribution in [1.29, 1.82) is 0 Å². The Morgan fingerprint density at radius 1 is 1.28 bits per heavy atom. The zero-order chi connectivity index (χ0) is 18.4. The highest BCUT2D eigenvalue weighted by molar-refractivity contribution is 5.42. The molecule has 1 fully saturated rings. The summed E-state index contributed by atoms with van der Waals surface area (Å²) in [6.07, 6.45) is 2.26. The largest absolute Gasteiger partial charge is 0.494 e. The van der Waals surface area contributed by atoms with E-state index in [0.29, 0.717) is 25.0 Å². The Kier molecular flexibility index (Phi) is 7.29. The van der Waals surface area contributed by atoms with E-state index in [9.17, 15) is 0 Å². The molecule has 2 rings (SSSR count). The zero-order valence-electron chi connectivity index (χ0n) is 16.4. The molecule has 0 aliphatic carbocycles. The van der Waals surface area contributed by atoms with Gasteiger partial charge < -0.3 is 20.5 Å². The van der Waals surface area contributed by atoms with E-state index in [-0.39, 0.29) is 12.0 Å². The van der Waals surface area contributed by atoms with Crippen LogP contribution in [0.4, 0.5) is 0 Å². The number of likely N-dealkylation sites (tertiary alicyclic amines) is 1. The number of nitrogens with zero attached hydrogens (tertiary/aromatic N) is 1. The van der Waals surface area contributed by atoms with E-state index in [2.05, 4.69) is 43.9 Å². The van der Waals surface area contributed by atoms with Crippen molar-refractivity contribution in [3.05, 3.63) is 29.3 Å². The SMILES string of the molecule is CCOc1ccc(C(C)(C)C)cc1C(CN)C1CCN(CCO)CC1. The van der Waals surface area contributed by atoms with E-state index >= 15 is 0 Å². The van der Waals surface area contributed by atoms with Gasteiger partial charge >= 0.3 is 0 Å². The fourth-order valence-electron chi connectivity index (χ4n) is 3.89. The molecule has 0 radical (unpaired) electrons. The van der Waals surface area contributed by atoms with Crippen LogP contribution in [0.1, 0.15) is 57.6 Å². The van der Waals surface area contributed by atoms with Crippen molar-refractivity contribution in [2.75, 3.05) is 39.4 Å². The molecule has 1 aliphatic heterocycles. The molecule has 1 atom stereocenters. The molecule has 1 saturated heterocycles. The number of nitrogens with two attached hydrogens (primary N) is 1. The topological polar surface area (TPSA) is 58.7 Å². The van der Waals surface area contributed by atoms with Gasteiger partial charge in [-0.15, -0.1) is 0 Å². The number of piperidine rings is 1. The Morgan fingerprint density at radius 3 is 2.48 bits per heavy atom. The molecule has 1 unspecified atom stereocenters. The normalized spacial score (nSPS) is 18.3. The second-order valence-corrected chi connectivity index (χ2v) is 8.18. The Bertz CT molecular complexity index is 531. The van der Waals surface area contributed by atoms with Gasteiger partial charge in [-0.3, -0.25) is 0 Å². The summed E-state index contributed by atoms with van der Waals surface area (Å²) in [5.41, 5.74) is 8.97. The zero-order valence-corrected chi connectivity index (χ0v) is 16.4. The third kappa shape index (κ3) is 5.19. The van der Waals surface area contributed by atoms with Gasteiger partial charge in [0, 0.05) is 12.5 Å². The second-order valence-electron chi connectivity index (χ2n) is 8.18. The highest BCUT2D eigenvalue weighted by Gasteiger charge is 2.29. The van der Waals surface area contributed by atoms with E-state index in [4.69, 9.17) is 15.6 Å². The van der Waals surface area contributed by atoms with Gasteiger partial charge in [0.05, 0.1) is 13.2 Å². The first kappa shape index (κ1) is 20.2. The van der Waals surface area contributed by atoms with Crippen LogP contribution in [-0.4, -0.2) is 49.4 Å². The lowest BCUT2D eigenvalue weighted by Crippen LogP contribution is -2.38. The third-order valence-corrected chi connectivity index (χ3v) is 5.45. The molecular weight excluding hydrogens is 312 g/mol. The summed E-state index contributed by atoms with van der Waals surface area (Å²) in [6, 6.07) is 6.64. The second kappa shape index (κ2) is 9.02. The molecule has 1 aromatic rings. The van der Waals surface area contributed by atoms with E-state index in [1.54, 1.807) is 0 Å². The number of benzene rings is 1. The first-order valence-corrected chi connectivity index (χ1v) is 9.71. The summed E-state index contributed by atoms with van der Waals surface area (Å²) < 4.78 is 5.94. The van der Waals surface area contributed by atoms with Crippen LogP contribution in [0.15, 0.2) is 18.2 Å². The van der Waals surface area contributed by atoms with Crippen LogP contribution in [0.2, 0.25) is 0 Å². The Morgan fingerprint density at radius 2 is 1.96 bits per heavy atom. The maximum absolute atomic E-state index is 9.14. The molecule has 4 heteroatoms. The van der Waals surface area contributed by atoms with Crippen LogP contribution < -0.4 is 10.5 Å². The molecule has 0 spiro atoms. The average Bonchev–Trinajstić information content (AvgIpc) is 2.58. The number of aliphatic hydroxyl groups is 1. The number of hydrogen-bond donors (Lipinski definition) is 2. The summed E-state index contributed by atoms with van der Waals surface area (Å²) in [6.45, 7) is 13.2. The fraction of sp³-hybridized carbons (Fsp3) is 0.714. The Labute approximate surface area is 153 Å². The highest BCUT2D eigenvalue weighted by atomic mass is 16.5. The highest BCUT2D eigenvalue weighted by Crippen LogP contribution is 2.39. The lowest BCUT2D eigenvalue weighted by molar-refractivity contribution is 0.138. The molecule has 25 heavy (non-hydrogen) atoms. The van der Waals surface area contributed by atoms with Crippen LogP contribution in [0.3, 0.4) is 0 Å². The minimum absolute atomic E-state index is 0.114. The summed E-state index contributed by atoms with van der Waals surface area (Å²) in [5.74, 6) is 1.90. The first-order valence-electron chi connectivity index (χ1n) is 9.71. The van der Waals surface area contributed by atoms with Gasteiger partial charge in [-0.2, -0.15) is 0 Å². The molecule has 142 valence electrons. The van der Waals surface area contributed by atoms with Gasteiger partial charge in [0.2, 0.25) is 0 Å². The molecule has 3 N–H and O–H groups in total. The number of aliphatic hydroxyl groups excluding tert-OH is 1. The van der Waals surface area contributed by atoms with Crippen molar-refractivity contribution in [1.82, 2.24) is 4.90 Å². The molecule has 4 nitrogen and oxygen atoms in total. The van der Waals surface area contributed by atoms with E-state index in [1.165, 1.54) is 11.1 Å². The number of ether oxygens (including phenoxy) is 1. The van der Waals surface area contributed by atoms with Gasteiger partial charge in [0.25, 0.3) is 0 Å². The first-order chi connectivity index (χ1) is 11.9. The number of rotatable bonds is 7. The van der Waals surface area contributed by atoms with Crippen molar-refractivity contribution >= 4 is 0 Å². The molecule has 0 amide bonds. The van der Waals surface area contributed by atoms with Crippen LogP contribution in [0.5, 0.6) is 5.75 Å². The molecule has 1 heterocycles. The van der Waals surface area contributed by atoms with Crippen LogP contribution in [0, 0.1) is 5.92 Å². The number of hydrogen-bond acceptors (Lipinski definition) is 4. The van der Waals surface area contributed by atoms with Gasteiger partial charge in [0.1, 0.15) is 5.75 Å². The third-order valence-electron chi connectivity index (χ3n) is 5.45. The maximum Gasteiger partial charge on any atom is 0.122 e. The smallest absolute Gasteiger partial charge is 0.122 e. The lowest BCUT2D eigenvalue weighted by atomic mass is 9.77. The Balaban J connectivity index is 2.26. The van der Waals surface area contributed by atoms with Crippen molar-refractivity contribution < 1.29 is 9.84 Å². The maximum atomic E-state index is 9.14. The molecule has 1 aromatic carbocycles. The van der Waals surface area contributed by atoms with Crippen molar-refractivity contribution in [2.45, 2.75) is 51.9 Å².